The van der Waals surface area contributed by atoms with Crippen LogP contribution in [0.15, 0.2) is 12.1 Å². The summed E-state index contributed by atoms with van der Waals surface area (Å²) in [5.74, 6) is 1.20. The average molecular weight is 498 g/mol. The second-order valence-corrected chi connectivity index (χ2v) is 10.3. The number of hydrogen-bond acceptors (Lipinski definition) is 7. The number of halogens is 1. The number of carbonyl (C=O) groups excluding carboxylic acids is 1. The smallest absolute Gasteiger partial charge is 0.249 e. The van der Waals surface area contributed by atoms with Gasteiger partial charge in [-0.1, -0.05) is 11.6 Å². The number of amides is 1. The van der Waals surface area contributed by atoms with Crippen LogP contribution in [-0.4, -0.2) is 55.1 Å². The van der Waals surface area contributed by atoms with E-state index in [1.165, 1.54) is 7.11 Å². The van der Waals surface area contributed by atoms with E-state index in [4.69, 9.17) is 35.1 Å². The Labute approximate surface area is 201 Å². The number of rotatable bonds is 10. The van der Waals surface area contributed by atoms with E-state index in [-0.39, 0.29) is 30.8 Å². The third kappa shape index (κ3) is 5.87. The number of fused-ring (bicyclic) bond motifs is 3. The zero-order chi connectivity index (χ0) is 24.3. The summed E-state index contributed by atoms with van der Waals surface area (Å²) in [5, 5.41) is 4.83. The maximum atomic E-state index is 12.7. The molecule has 1 N–H and O–H groups in total. The van der Waals surface area contributed by atoms with E-state index < -0.39 is 8.38 Å². The number of carbonyl (C=O) groups is 1. The van der Waals surface area contributed by atoms with Crippen LogP contribution in [0.1, 0.15) is 51.8 Å². The van der Waals surface area contributed by atoms with Crippen molar-refractivity contribution in [1.82, 2.24) is 9.88 Å². The van der Waals surface area contributed by atoms with E-state index in [0.717, 1.165) is 22.0 Å². The van der Waals surface area contributed by atoms with Crippen molar-refractivity contribution in [3.63, 3.8) is 0 Å². The number of ether oxygens (including phenoxy) is 2. The molecule has 0 saturated heterocycles. The van der Waals surface area contributed by atoms with E-state index in [0.29, 0.717) is 29.4 Å². The van der Waals surface area contributed by atoms with Crippen LogP contribution in [0.3, 0.4) is 0 Å². The number of anilines is 1. The first kappa shape index (κ1) is 25.9. The van der Waals surface area contributed by atoms with Crippen LogP contribution < -0.4 is 10.1 Å². The van der Waals surface area contributed by atoms with Crippen LogP contribution in [0.25, 0.3) is 10.9 Å². The fraction of sp³-hybridized carbons (Fsp3) is 0.565. The molecule has 1 atom stereocenters. The molecule has 0 radical (unpaired) electrons. The van der Waals surface area contributed by atoms with Crippen molar-refractivity contribution < 1.29 is 23.3 Å². The lowest BCUT2D eigenvalue weighted by Gasteiger charge is -2.23. The van der Waals surface area contributed by atoms with Gasteiger partial charge in [0.1, 0.15) is 18.2 Å². The van der Waals surface area contributed by atoms with Gasteiger partial charge in [0.25, 0.3) is 0 Å². The lowest BCUT2D eigenvalue weighted by molar-refractivity contribution is -0.137. The van der Waals surface area contributed by atoms with E-state index in [1.807, 2.05) is 40.7 Å². The van der Waals surface area contributed by atoms with E-state index in [9.17, 15) is 4.79 Å². The van der Waals surface area contributed by atoms with Gasteiger partial charge in [-0.15, -0.1) is 0 Å². The molecule has 2 aromatic rings. The minimum absolute atomic E-state index is 0.0252. The van der Waals surface area contributed by atoms with Crippen molar-refractivity contribution in [3.8, 4) is 5.75 Å². The molecule has 1 amide bonds. The van der Waals surface area contributed by atoms with Crippen LogP contribution in [-0.2, 0) is 25.1 Å². The Balaban J connectivity index is 2.03. The summed E-state index contributed by atoms with van der Waals surface area (Å²) in [6.07, 6.45) is 0.557. The van der Waals surface area contributed by atoms with Gasteiger partial charge in [-0.25, -0.2) is 4.98 Å². The van der Waals surface area contributed by atoms with Gasteiger partial charge in [0.2, 0.25) is 5.91 Å². The maximum Gasteiger partial charge on any atom is 0.249 e. The minimum Gasteiger partial charge on any atom is -0.495 e. The molecule has 1 aliphatic rings. The minimum atomic E-state index is -1.17. The van der Waals surface area contributed by atoms with Crippen molar-refractivity contribution in [2.45, 2.75) is 59.4 Å². The first-order valence-corrected chi connectivity index (χ1v) is 12.7. The molecule has 0 saturated carbocycles. The molecule has 1 aromatic carbocycles. The molecule has 1 aliphatic heterocycles. The lowest BCUT2D eigenvalue weighted by atomic mass is 10.00. The van der Waals surface area contributed by atoms with Crippen molar-refractivity contribution in [2.75, 3.05) is 32.4 Å². The summed E-state index contributed by atoms with van der Waals surface area (Å²) in [6.45, 7) is 10.4. The third-order valence-corrected chi connectivity index (χ3v) is 7.26. The monoisotopic (exact) mass is 497 g/mol. The Morgan fingerprint density at radius 2 is 1.91 bits per heavy atom. The number of nitrogens with one attached hydrogen (secondary N) is 1. The van der Waals surface area contributed by atoms with Crippen LogP contribution in [0.4, 0.5) is 5.82 Å². The van der Waals surface area contributed by atoms with Gasteiger partial charge in [-0.2, -0.15) is 0 Å². The summed E-state index contributed by atoms with van der Waals surface area (Å²) in [6, 6.07) is 3.54. The number of benzene rings is 1. The molecule has 2 heterocycles. The van der Waals surface area contributed by atoms with Gasteiger partial charge in [0.05, 0.1) is 48.7 Å². The Morgan fingerprint density at radius 3 is 2.48 bits per heavy atom. The highest BCUT2D eigenvalue weighted by Gasteiger charge is 2.35. The fourth-order valence-electron chi connectivity index (χ4n) is 3.95. The molecule has 0 unspecified atom stereocenters. The van der Waals surface area contributed by atoms with Gasteiger partial charge in [-0.3, -0.25) is 4.79 Å². The van der Waals surface area contributed by atoms with Gasteiger partial charge in [0.15, 0.2) is 8.38 Å². The molecule has 0 spiro atoms. The molecule has 3 rings (SSSR count). The van der Waals surface area contributed by atoms with Crippen LogP contribution in [0.2, 0.25) is 5.02 Å². The molecule has 33 heavy (non-hydrogen) atoms. The number of hydrogen-bond donors (Lipinski definition) is 1. The zero-order valence-electron chi connectivity index (χ0n) is 20.3. The van der Waals surface area contributed by atoms with Crippen molar-refractivity contribution >= 4 is 42.6 Å². The number of aromatic nitrogens is 1. The SMILES string of the molecule is COCC(=O)N1Cc2c(NCP(OC(C)C)OC(C)C)nc3cc(Cl)c(OC)cc3c2[C@@H]1C. The summed E-state index contributed by atoms with van der Waals surface area (Å²) in [7, 11) is 1.94. The van der Waals surface area contributed by atoms with Crippen molar-refractivity contribution in [3.05, 3.63) is 28.3 Å². The number of nitrogens with zero attached hydrogens (tertiary/aromatic N) is 2. The van der Waals surface area contributed by atoms with Crippen LogP contribution in [0, 0.1) is 0 Å². The van der Waals surface area contributed by atoms with Crippen molar-refractivity contribution in [2.24, 2.45) is 0 Å². The highest BCUT2D eigenvalue weighted by molar-refractivity contribution is 7.47. The Morgan fingerprint density at radius 1 is 1.24 bits per heavy atom. The summed E-state index contributed by atoms with van der Waals surface area (Å²) in [5.41, 5.74) is 2.72. The molecular formula is C23H33ClN3O5P. The third-order valence-electron chi connectivity index (χ3n) is 5.24. The highest BCUT2D eigenvalue weighted by Crippen LogP contribution is 2.45. The van der Waals surface area contributed by atoms with Gasteiger partial charge >= 0.3 is 0 Å². The number of methoxy groups -OCH3 is 2. The lowest BCUT2D eigenvalue weighted by Crippen LogP contribution is -2.31. The molecule has 0 fully saturated rings. The highest BCUT2D eigenvalue weighted by atomic mass is 35.5. The first-order chi connectivity index (χ1) is 15.7. The fourth-order valence-corrected chi connectivity index (χ4v) is 5.61. The van der Waals surface area contributed by atoms with E-state index >= 15 is 0 Å². The summed E-state index contributed by atoms with van der Waals surface area (Å²) >= 11 is 6.40. The molecule has 8 nitrogen and oxygen atoms in total. The first-order valence-electron chi connectivity index (χ1n) is 11.0. The van der Waals surface area contributed by atoms with Crippen LogP contribution in [0.5, 0.6) is 5.75 Å². The Kier molecular flexibility index (Phi) is 8.76. The van der Waals surface area contributed by atoms with Crippen molar-refractivity contribution in [1.29, 1.82) is 0 Å². The molecule has 0 bridgehead atoms. The quantitative estimate of drug-likeness (QED) is 0.435. The molecule has 1 aromatic heterocycles. The molecule has 0 aliphatic carbocycles. The largest absolute Gasteiger partial charge is 0.495 e. The van der Waals surface area contributed by atoms with Gasteiger partial charge in [-0.05, 0) is 52.3 Å². The summed E-state index contributed by atoms with van der Waals surface area (Å²) < 4.78 is 22.5. The van der Waals surface area contributed by atoms with Gasteiger partial charge < -0.3 is 28.7 Å². The normalized spacial score (nSPS) is 15.7. The molecule has 10 heteroatoms. The number of pyridine rings is 1. The van der Waals surface area contributed by atoms with E-state index in [2.05, 4.69) is 5.32 Å². The predicted octanol–water partition coefficient (Wildman–Crippen LogP) is 5.48. The van der Waals surface area contributed by atoms with Crippen LogP contribution >= 0.6 is 20.0 Å². The second-order valence-electron chi connectivity index (χ2n) is 8.46. The Bertz CT molecular complexity index is 994. The predicted molar refractivity (Wildman–Crippen MR) is 132 cm³/mol. The maximum absolute atomic E-state index is 12.7. The standard InChI is InChI=1S/C23H33ClN3O5P/c1-13(2)31-33(32-14(3)4)12-25-23-17-10-27(21(28)11-29-6)15(5)22(17)16-8-20(30-7)18(24)9-19(16)26-23/h8-9,13-15H,10-12H2,1-7H3,(H,25,26)/t15-/m0/s1. The van der Waals surface area contributed by atoms with Gasteiger partial charge in [0, 0.05) is 18.1 Å². The summed E-state index contributed by atoms with van der Waals surface area (Å²) in [4.78, 5) is 19.4. The Hall–Kier alpha value is -1.70. The zero-order valence-corrected chi connectivity index (χ0v) is 21.9. The van der Waals surface area contributed by atoms with E-state index in [1.54, 1.807) is 18.1 Å². The molecule has 182 valence electrons. The second kappa shape index (κ2) is 11.2. The topological polar surface area (TPSA) is 82.2 Å². The average Bonchev–Trinajstić information content (AvgIpc) is 3.08. The molecular weight excluding hydrogens is 465 g/mol.